The van der Waals surface area contributed by atoms with Gasteiger partial charge in [-0.15, -0.1) is 0 Å². The van der Waals surface area contributed by atoms with E-state index >= 15 is 0 Å². The second kappa shape index (κ2) is 4.86. The van der Waals surface area contributed by atoms with Crippen LogP contribution in [-0.2, 0) is 11.3 Å². The van der Waals surface area contributed by atoms with Crippen molar-refractivity contribution in [2.75, 3.05) is 20.6 Å². The van der Waals surface area contributed by atoms with Crippen LogP contribution in [0.4, 0.5) is 0 Å². The Kier molecular flexibility index (Phi) is 3.26. The maximum atomic E-state index is 12.5. The van der Waals surface area contributed by atoms with Gasteiger partial charge in [0.05, 0.1) is 6.04 Å². The zero-order valence-corrected chi connectivity index (χ0v) is 13.0. The van der Waals surface area contributed by atoms with Crippen LogP contribution in [0.2, 0.25) is 0 Å². The van der Waals surface area contributed by atoms with Crippen LogP contribution >= 0.6 is 0 Å². The predicted octanol–water partition coefficient (Wildman–Crippen LogP) is 1.14. The van der Waals surface area contributed by atoms with E-state index in [2.05, 4.69) is 11.9 Å². The van der Waals surface area contributed by atoms with Crippen molar-refractivity contribution in [2.24, 2.45) is 11.8 Å². The quantitative estimate of drug-likeness (QED) is 0.821. The summed E-state index contributed by atoms with van der Waals surface area (Å²) in [5.74, 6) is 1.66. The van der Waals surface area contributed by atoms with Gasteiger partial charge in [-0.3, -0.25) is 9.59 Å². The zero-order valence-electron chi connectivity index (χ0n) is 13.0. The van der Waals surface area contributed by atoms with Gasteiger partial charge in [0.2, 0.25) is 5.91 Å². The second-order valence-electron chi connectivity index (χ2n) is 6.40. The summed E-state index contributed by atoms with van der Waals surface area (Å²) in [6.07, 6.45) is 2.80. The first-order chi connectivity index (χ1) is 9.90. The first-order valence-corrected chi connectivity index (χ1v) is 7.49. The van der Waals surface area contributed by atoms with E-state index in [1.165, 1.54) is 4.90 Å². The summed E-state index contributed by atoms with van der Waals surface area (Å²) in [5, 5.41) is 0. The van der Waals surface area contributed by atoms with Crippen molar-refractivity contribution < 1.29 is 9.59 Å². The van der Waals surface area contributed by atoms with E-state index in [9.17, 15) is 9.59 Å². The molecule has 6 nitrogen and oxygen atoms in total. The number of carbonyl (C=O) groups excluding carboxylic acids is 2. The molecule has 0 spiro atoms. The number of imidazole rings is 1. The van der Waals surface area contributed by atoms with E-state index in [0.29, 0.717) is 24.7 Å². The molecule has 21 heavy (non-hydrogen) atoms. The Labute approximate surface area is 124 Å². The average molecular weight is 290 g/mol. The smallest absolute Gasteiger partial charge is 0.273 e. The van der Waals surface area contributed by atoms with E-state index < -0.39 is 0 Å². The van der Waals surface area contributed by atoms with Crippen LogP contribution in [0.15, 0.2) is 6.20 Å². The number of carbonyl (C=O) groups is 2. The fourth-order valence-corrected chi connectivity index (χ4v) is 3.00. The molecule has 0 bridgehead atoms. The average Bonchev–Trinajstić information content (AvgIpc) is 3.01. The van der Waals surface area contributed by atoms with Gasteiger partial charge in [-0.1, -0.05) is 6.92 Å². The van der Waals surface area contributed by atoms with Gasteiger partial charge in [-0.2, -0.15) is 0 Å². The normalized spacial score (nSPS) is 27.2. The molecule has 3 rings (SSSR count). The van der Waals surface area contributed by atoms with Crippen molar-refractivity contribution in [1.29, 1.82) is 0 Å². The minimum absolute atomic E-state index is 0.0669. The van der Waals surface area contributed by atoms with Crippen LogP contribution < -0.4 is 0 Å². The summed E-state index contributed by atoms with van der Waals surface area (Å²) in [6, 6.07) is -0.0669. The van der Waals surface area contributed by atoms with Crippen molar-refractivity contribution in [3.8, 4) is 0 Å². The Morgan fingerprint density at radius 2 is 1.95 bits per heavy atom. The number of amides is 2. The molecule has 2 amide bonds. The maximum Gasteiger partial charge on any atom is 0.273 e. The van der Waals surface area contributed by atoms with E-state index in [4.69, 9.17) is 0 Å². The zero-order chi connectivity index (χ0) is 15.3. The van der Waals surface area contributed by atoms with Crippen LogP contribution in [0, 0.1) is 11.8 Å². The maximum absolute atomic E-state index is 12.5. The molecule has 0 radical (unpaired) electrons. The SMILES string of the molecule is C[C@@H]1C[C@H]1C(=O)N1CCn2cc(C(=O)N(C)C)nc2[C@H]1C. The largest absolute Gasteiger partial charge is 0.343 e. The van der Waals surface area contributed by atoms with E-state index in [0.717, 1.165) is 12.2 Å². The Morgan fingerprint density at radius 1 is 1.29 bits per heavy atom. The molecule has 2 heterocycles. The molecule has 1 aromatic rings. The lowest BCUT2D eigenvalue weighted by Gasteiger charge is -2.34. The summed E-state index contributed by atoms with van der Waals surface area (Å²) in [5.41, 5.74) is 0.455. The molecule has 2 aliphatic rings. The van der Waals surface area contributed by atoms with Gasteiger partial charge in [-0.05, 0) is 19.3 Å². The van der Waals surface area contributed by atoms with Crippen LogP contribution in [0.1, 0.15) is 42.6 Å². The van der Waals surface area contributed by atoms with Gasteiger partial charge in [-0.25, -0.2) is 4.98 Å². The summed E-state index contributed by atoms with van der Waals surface area (Å²) >= 11 is 0. The predicted molar refractivity (Wildman–Crippen MR) is 77.6 cm³/mol. The van der Waals surface area contributed by atoms with E-state index in [1.807, 2.05) is 16.4 Å². The summed E-state index contributed by atoms with van der Waals surface area (Å²) < 4.78 is 2.00. The number of rotatable bonds is 2. The van der Waals surface area contributed by atoms with Gasteiger partial charge >= 0.3 is 0 Å². The van der Waals surface area contributed by atoms with Crippen molar-refractivity contribution in [2.45, 2.75) is 32.9 Å². The fraction of sp³-hybridized carbons (Fsp3) is 0.667. The highest BCUT2D eigenvalue weighted by molar-refractivity contribution is 5.91. The molecule has 1 aliphatic carbocycles. The third kappa shape index (κ3) is 2.32. The van der Waals surface area contributed by atoms with Crippen LogP contribution in [0.3, 0.4) is 0 Å². The highest BCUT2D eigenvalue weighted by Gasteiger charge is 2.44. The lowest BCUT2D eigenvalue weighted by molar-refractivity contribution is -0.136. The van der Waals surface area contributed by atoms with Gasteiger partial charge < -0.3 is 14.4 Å². The summed E-state index contributed by atoms with van der Waals surface area (Å²) in [6.45, 7) is 5.52. The Hall–Kier alpha value is -1.85. The lowest BCUT2D eigenvalue weighted by atomic mass is 10.1. The highest BCUT2D eigenvalue weighted by atomic mass is 16.2. The van der Waals surface area contributed by atoms with Crippen LogP contribution in [0.5, 0.6) is 0 Å². The van der Waals surface area contributed by atoms with Gasteiger partial charge in [0, 0.05) is 39.3 Å². The first-order valence-electron chi connectivity index (χ1n) is 7.49. The number of fused-ring (bicyclic) bond motifs is 1. The van der Waals surface area contributed by atoms with Crippen LogP contribution in [0.25, 0.3) is 0 Å². The Bertz CT molecular complexity index is 592. The number of aromatic nitrogens is 2. The highest BCUT2D eigenvalue weighted by Crippen LogP contribution is 2.41. The Balaban J connectivity index is 1.83. The molecule has 3 atom stereocenters. The van der Waals surface area contributed by atoms with Crippen molar-refractivity contribution >= 4 is 11.8 Å². The standard InChI is InChI=1S/C15H22N4O2/c1-9-7-11(9)14(20)19-6-5-18-8-12(15(21)17(3)4)16-13(18)10(19)2/h8-11H,5-7H2,1-4H3/t9-,10-,11-/m1/s1. The Morgan fingerprint density at radius 3 is 2.52 bits per heavy atom. The molecule has 114 valence electrons. The molecular formula is C15H22N4O2. The molecule has 0 unspecified atom stereocenters. The number of hydrogen-bond acceptors (Lipinski definition) is 3. The molecule has 1 saturated carbocycles. The van der Waals surface area contributed by atoms with E-state index in [1.54, 1.807) is 20.3 Å². The topological polar surface area (TPSA) is 58.4 Å². The molecule has 0 aromatic carbocycles. The molecule has 1 aromatic heterocycles. The minimum Gasteiger partial charge on any atom is -0.343 e. The molecule has 0 saturated heterocycles. The second-order valence-corrected chi connectivity index (χ2v) is 6.40. The molecular weight excluding hydrogens is 268 g/mol. The monoisotopic (exact) mass is 290 g/mol. The number of nitrogens with zero attached hydrogens (tertiary/aromatic N) is 4. The fourth-order valence-electron chi connectivity index (χ4n) is 3.00. The molecule has 1 aliphatic heterocycles. The third-order valence-corrected chi connectivity index (χ3v) is 4.57. The van der Waals surface area contributed by atoms with Crippen molar-refractivity contribution in [1.82, 2.24) is 19.4 Å². The first kappa shape index (κ1) is 14.1. The molecule has 0 N–H and O–H groups in total. The van der Waals surface area contributed by atoms with Gasteiger partial charge in [0.25, 0.3) is 5.91 Å². The van der Waals surface area contributed by atoms with Crippen molar-refractivity contribution in [3.63, 3.8) is 0 Å². The molecule has 6 heteroatoms. The number of hydrogen-bond donors (Lipinski definition) is 0. The minimum atomic E-state index is -0.0993. The van der Waals surface area contributed by atoms with Gasteiger partial charge in [0.15, 0.2) is 0 Å². The molecule has 1 fully saturated rings. The lowest BCUT2D eigenvalue weighted by Crippen LogP contribution is -2.42. The van der Waals surface area contributed by atoms with E-state index in [-0.39, 0.29) is 23.8 Å². The third-order valence-electron chi connectivity index (χ3n) is 4.57. The van der Waals surface area contributed by atoms with Gasteiger partial charge in [0.1, 0.15) is 11.5 Å². The summed E-state index contributed by atoms with van der Waals surface area (Å²) in [4.78, 5) is 32.4. The summed E-state index contributed by atoms with van der Waals surface area (Å²) in [7, 11) is 3.43. The van der Waals surface area contributed by atoms with Crippen LogP contribution in [-0.4, -0.2) is 51.8 Å². The van der Waals surface area contributed by atoms with Crippen molar-refractivity contribution in [3.05, 3.63) is 17.7 Å².